The molecule has 2 aliphatic rings. The molecule has 0 atom stereocenters. The highest BCUT2D eigenvalue weighted by atomic mass is 32.4. The van der Waals surface area contributed by atoms with Crippen molar-refractivity contribution in [3.8, 4) is 0 Å². The Morgan fingerprint density at radius 1 is 0.682 bits per heavy atom. The first-order valence-electron chi connectivity index (χ1n) is 10.2. The van der Waals surface area contributed by atoms with Gasteiger partial charge in [0.1, 0.15) is 0 Å². The Hall–Kier alpha value is 0.520. The third-order valence-electron chi connectivity index (χ3n) is 6.30. The van der Waals surface area contributed by atoms with E-state index in [2.05, 4.69) is 0 Å². The van der Waals surface area contributed by atoms with Crippen molar-refractivity contribution in [3.63, 3.8) is 0 Å². The Morgan fingerprint density at radius 2 is 1.18 bits per heavy atom. The van der Waals surface area contributed by atoms with Gasteiger partial charge in [0.15, 0.2) is 0 Å². The summed E-state index contributed by atoms with van der Waals surface area (Å²) in [4.78, 5) is 0. The molecule has 2 heteroatoms. The van der Waals surface area contributed by atoms with Crippen molar-refractivity contribution in [1.82, 2.24) is 0 Å². The maximum absolute atomic E-state index is 5.00. The van der Waals surface area contributed by atoms with Gasteiger partial charge in [-0.15, -0.1) is 0 Å². The molecular formula is C20H37PS. The van der Waals surface area contributed by atoms with Crippen LogP contribution in [-0.4, -0.2) is 6.16 Å². The molecule has 0 saturated heterocycles. The zero-order valence-electron chi connectivity index (χ0n) is 14.6. The van der Waals surface area contributed by atoms with E-state index in [1.807, 2.05) is 0 Å². The molecule has 0 unspecified atom stereocenters. The van der Waals surface area contributed by atoms with Crippen LogP contribution in [0.2, 0.25) is 0 Å². The molecule has 0 spiro atoms. The van der Waals surface area contributed by atoms with Gasteiger partial charge in [-0.25, -0.2) is 0 Å². The molecule has 128 valence electrons. The lowest BCUT2D eigenvalue weighted by molar-refractivity contribution is 0.131. The first kappa shape index (κ1) is 18.9. The average Bonchev–Trinajstić information content (AvgIpc) is 2.59. The minimum atomic E-state index is 1.09. The zero-order valence-corrected chi connectivity index (χ0v) is 16.3. The maximum atomic E-state index is 5.00. The van der Waals surface area contributed by atoms with Gasteiger partial charge in [-0.3, -0.25) is 0 Å². The van der Waals surface area contributed by atoms with Gasteiger partial charge in [0.05, 0.1) is 0 Å². The second-order valence-electron chi connectivity index (χ2n) is 7.87. The molecule has 0 aromatic carbocycles. The molecule has 2 fully saturated rings. The van der Waals surface area contributed by atoms with Crippen LogP contribution >= 0.6 is 7.36 Å². The molecule has 0 heterocycles. The van der Waals surface area contributed by atoms with Crippen LogP contribution < -0.4 is 0 Å². The summed E-state index contributed by atoms with van der Waals surface area (Å²) < 4.78 is 0. The van der Waals surface area contributed by atoms with E-state index < -0.39 is 0 Å². The number of hydrogen-bond donors (Lipinski definition) is 0. The summed E-state index contributed by atoms with van der Waals surface area (Å²) in [5, 5.41) is 0. The Morgan fingerprint density at radius 3 is 1.73 bits per heavy atom. The number of unbranched alkanes of at least 4 members (excludes halogenated alkanes) is 4. The first-order chi connectivity index (χ1) is 10.9. The summed E-state index contributed by atoms with van der Waals surface area (Å²) in [6.45, 7) is 0. The quantitative estimate of drug-likeness (QED) is 0.293. The second kappa shape index (κ2) is 12.0. The van der Waals surface area contributed by atoms with Crippen LogP contribution in [0, 0.1) is 17.8 Å². The number of hydrogen-bond acceptors (Lipinski definition) is 1. The van der Waals surface area contributed by atoms with E-state index in [9.17, 15) is 0 Å². The van der Waals surface area contributed by atoms with Crippen molar-refractivity contribution in [1.29, 1.82) is 0 Å². The topological polar surface area (TPSA) is 0 Å². The zero-order chi connectivity index (χ0) is 15.5. The minimum Gasteiger partial charge on any atom is -0.0578 e. The van der Waals surface area contributed by atoms with E-state index in [0.717, 1.165) is 17.8 Å². The minimum absolute atomic E-state index is 1.09. The second-order valence-corrected chi connectivity index (χ2v) is 9.35. The molecule has 0 amide bonds. The van der Waals surface area contributed by atoms with Crippen LogP contribution in [0.4, 0.5) is 0 Å². The normalized spacial score (nSPS) is 21.7. The van der Waals surface area contributed by atoms with Gasteiger partial charge in [0, 0.05) is 0 Å². The summed E-state index contributed by atoms with van der Waals surface area (Å²) in [5.74, 6) is 3.28. The summed E-state index contributed by atoms with van der Waals surface area (Å²) in [6.07, 6.45) is 25.3. The van der Waals surface area contributed by atoms with Crippen LogP contribution in [0.3, 0.4) is 0 Å². The van der Waals surface area contributed by atoms with Gasteiger partial charge in [0.2, 0.25) is 0 Å². The van der Waals surface area contributed by atoms with Crippen molar-refractivity contribution in [3.05, 3.63) is 0 Å². The molecule has 0 aromatic heterocycles. The van der Waals surface area contributed by atoms with Gasteiger partial charge in [-0.2, -0.15) is 0 Å². The molecule has 0 aromatic rings. The van der Waals surface area contributed by atoms with E-state index >= 15 is 0 Å². The standard InChI is InChI=1S/C20H37PS/c22-21-17-11-3-1-2-10-16-20(18-12-6-4-7-13-18)19-14-8-5-9-15-19/h18-20H,1-17H2. The summed E-state index contributed by atoms with van der Waals surface area (Å²) in [7, 11) is 1.17. The van der Waals surface area contributed by atoms with Crippen molar-refractivity contribution in [2.45, 2.75) is 103 Å². The molecule has 0 radical (unpaired) electrons. The molecule has 0 nitrogen and oxygen atoms in total. The average molecular weight is 341 g/mol. The first-order valence-corrected chi connectivity index (χ1v) is 12.3. The third kappa shape index (κ3) is 6.96. The van der Waals surface area contributed by atoms with Gasteiger partial charge in [0.25, 0.3) is 0 Å². The molecule has 0 bridgehead atoms. The Bertz CT molecular complexity index is 261. The lowest BCUT2D eigenvalue weighted by Crippen LogP contribution is -2.27. The van der Waals surface area contributed by atoms with Crippen molar-refractivity contribution in [2.24, 2.45) is 17.8 Å². The van der Waals surface area contributed by atoms with E-state index in [-0.39, 0.29) is 0 Å². The lowest BCUT2D eigenvalue weighted by atomic mass is 9.68. The van der Waals surface area contributed by atoms with E-state index in [1.54, 1.807) is 32.1 Å². The van der Waals surface area contributed by atoms with Crippen molar-refractivity contribution < 1.29 is 0 Å². The summed E-state index contributed by atoms with van der Waals surface area (Å²) in [5.41, 5.74) is 0. The van der Waals surface area contributed by atoms with Gasteiger partial charge in [-0.1, -0.05) is 102 Å². The highest BCUT2D eigenvalue weighted by molar-refractivity contribution is 7.96. The predicted octanol–water partition coefficient (Wildman–Crippen LogP) is 7.51. The van der Waals surface area contributed by atoms with Crippen LogP contribution in [0.25, 0.3) is 0 Å². The van der Waals surface area contributed by atoms with Crippen LogP contribution in [0.15, 0.2) is 0 Å². The molecule has 0 N–H and O–H groups in total. The SMILES string of the molecule is S=PCCCCCCCC(C1CCCCC1)C1CCCCC1. The fourth-order valence-corrected chi connectivity index (χ4v) is 5.81. The Labute approximate surface area is 146 Å². The van der Waals surface area contributed by atoms with Gasteiger partial charge < -0.3 is 0 Å². The lowest BCUT2D eigenvalue weighted by Gasteiger charge is -2.38. The third-order valence-corrected chi connectivity index (χ3v) is 7.34. The van der Waals surface area contributed by atoms with Gasteiger partial charge >= 0.3 is 0 Å². The van der Waals surface area contributed by atoms with Crippen LogP contribution in [0.5, 0.6) is 0 Å². The van der Waals surface area contributed by atoms with Crippen molar-refractivity contribution in [2.75, 3.05) is 6.16 Å². The maximum Gasteiger partial charge on any atom is -0.000157 e. The molecule has 2 aliphatic carbocycles. The molecule has 2 saturated carbocycles. The molecule has 2 rings (SSSR count). The summed E-state index contributed by atoms with van der Waals surface area (Å²) in [6, 6.07) is 0. The van der Waals surface area contributed by atoms with Gasteiger partial charge in [-0.05, 0) is 44.1 Å². The largest absolute Gasteiger partial charge is 0.0578 e. The molecule has 22 heavy (non-hydrogen) atoms. The Kier molecular flexibility index (Phi) is 10.3. The summed E-state index contributed by atoms with van der Waals surface area (Å²) >= 11 is 5.00. The highest BCUT2D eigenvalue weighted by Gasteiger charge is 2.30. The highest BCUT2D eigenvalue weighted by Crippen LogP contribution is 2.42. The number of rotatable bonds is 10. The van der Waals surface area contributed by atoms with E-state index in [0.29, 0.717) is 0 Å². The fraction of sp³-hybridized carbons (Fsp3) is 1.00. The van der Waals surface area contributed by atoms with E-state index in [4.69, 9.17) is 11.8 Å². The van der Waals surface area contributed by atoms with E-state index in [1.165, 1.54) is 84.1 Å². The fourth-order valence-electron chi connectivity index (χ4n) is 5.07. The smallest absolute Gasteiger partial charge is 0.000157 e. The predicted molar refractivity (Wildman–Crippen MR) is 103 cm³/mol. The Balaban J connectivity index is 1.70. The van der Waals surface area contributed by atoms with Crippen LogP contribution in [0.1, 0.15) is 103 Å². The monoisotopic (exact) mass is 340 g/mol. The molecular weight excluding hydrogens is 303 g/mol. The van der Waals surface area contributed by atoms with Crippen molar-refractivity contribution >= 4 is 19.2 Å². The van der Waals surface area contributed by atoms with Crippen LogP contribution in [-0.2, 0) is 11.8 Å². The molecule has 0 aliphatic heterocycles.